The highest BCUT2D eigenvalue weighted by atomic mass is 16.5. The monoisotopic (exact) mass is 199 g/mol. The summed E-state index contributed by atoms with van der Waals surface area (Å²) in [4.78, 5) is 0. The Bertz CT molecular complexity index is 154. The van der Waals surface area contributed by atoms with Gasteiger partial charge in [0.2, 0.25) is 0 Å². The summed E-state index contributed by atoms with van der Waals surface area (Å²) < 4.78 is 5.27. The molecule has 0 heterocycles. The number of nitrogens with one attached hydrogen (secondary N) is 1. The van der Waals surface area contributed by atoms with E-state index >= 15 is 0 Å². The largest absolute Gasteiger partial charge is 0.383 e. The van der Waals surface area contributed by atoms with Crippen molar-refractivity contribution >= 4 is 0 Å². The fraction of sp³-hybridized carbons (Fsp3) is 1.00. The molecule has 0 saturated heterocycles. The van der Waals surface area contributed by atoms with Crippen molar-refractivity contribution < 1.29 is 4.74 Å². The van der Waals surface area contributed by atoms with Crippen molar-refractivity contribution in [1.82, 2.24) is 5.32 Å². The Morgan fingerprint density at radius 3 is 2.36 bits per heavy atom. The van der Waals surface area contributed by atoms with Gasteiger partial charge in [0.1, 0.15) is 0 Å². The van der Waals surface area contributed by atoms with Crippen molar-refractivity contribution in [3.63, 3.8) is 0 Å². The summed E-state index contributed by atoms with van der Waals surface area (Å²) in [6.07, 6.45) is 3.98. The van der Waals surface area contributed by atoms with E-state index in [2.05, 4.69) is 26.1 Å². The number of ether oxygens (including phenoxy) is 1. The van der Waals surface area contributed by atoms with Crippen molar-refractivity contribution in [2.24, 2.45) is 11.8 Å². The minimum Gasteiger partial charge on any atom is -0.383 e. The van der Waals surface area contributed by atoms with Gasteiger partial charge in [0.25, 0.3) is 0 Å². The van der Waals surface area contributed by atoms with E-state index in [4.69, 9.17) is 4.74 Å². The topological polar surface area (TPSA) is 21.3 Å². The van der Waals surface area contributed by atoms with Gasteiger partial charge in [-0.2, -0.15) is 0 Å². The second kappa shape index (κ2) is 5.72. The van der Waals surface area contributed by atoms with Crippen molar-refractivity contribution in [2.45, 2.75) is 52.1 Å². The zero-order chi connectivity index (χ0) is 10.6. The summed E-state index contributed by atoms with van der Waals surface area (Å²) >= 11 is 0. The van der Waals surface area contributed by atoms with Gasteiger partial charge in [-0.25, -0.2) is 0 Å². The maximum absolute atomic E-state index is 5.27. The Morgan fingerprint density at radius 1 is 1.36 bits per heavy atom. The van der Waals surface area contributed by atoms with Crippen LogP contribution in [0.15, 0.2) is 0 Å². The molecule has 0 spiro atoms. The third-order valence-electron chi connectivity index (χ3n) is 3.21. The van der Waals surface area contributed by atoms with Crippen LogP contribution in [0.25, 0.3) is 0 Å². The third-order valence-corrected chi connectivity index (χ3v) is 3.21. The van der Waals surface area contributed by atoms with Crippen LogP contribution in [0.1, 0.15) is 40.0 Å². The van der Waals surface area contributed by atoms with E-state index in [9.17, 15) is 0 Å². The normalized spacial score (nSPS) is 21.2. The van der Waals surface area contributed by atoms with Gasteiger partial charge in [-0.3, -0.25) is 0 Å². The van der Waals surface area contributed by atoms with Crippen molar-refractivity contribution in [3.8, 4) is 0 Å². The standard InChI is InChI=1S/C12H25NO/c1-5-11(9(2)3)13-12(8-14-4)10-6-7-10/h9-13H,5-8H2,1-4H3. The van der Waals surface area contributed by atoms with Gasteiger partial charge in [-0.1, -0.05) is 20.8 Å². The molecule has 0 bridgehead atoms. The molecule has 1 N–H and O–H groups in total. The molecule has 1 aliphatic carbocycles. The van der Waals surface area contributed by atoms with Gasteiger partial charge in [-0.05, 0) is 31.1 Å². The average molecular weight is 199 g/mol. The Balaban J connectivity index is 2.35. The molecule has 2 heteroatoms. The van der Waals surface area contributed by atoms with Gasteiger partial charge in [-0.15, -0.1) is 0 Å². The van der Waals surface area contributed by atoms with E-state index in [1.54, 1.807) is 7.11 Å². The van der Waals surface area contributed by atoms with E-state index in [1.165, 1.54) is 19.3 Å². The van der Waals surface area contributed by atoms with Crippen LogP contribution in [0.5, 0.6) is 0 Å². The highest BCUT2D eigenvalue weighted by molar-refractivity contribution is 4.88. The summed E-state index contributed by atoms with van der Waals surface area (Å²) in [7, 11) is 1.80. The second-order valence-electron chi connectivity index (χ2n) is 4.82. The lowest BCUT2D eigenvalue weighted by Crippen LogP contribution is -2.44. The first-order valence-corrected chi connectivity index (χ1v) is 5.94. The lowest BCUT2D eigenvalue weighted by Gasteiger charge is -2.27. The minimum atomic E-state index is 0.590. The predicted octanol–water partition coefficient (Wildman–Crippen LogP) is 2.44. The lowest BCUT2D eigenvalue weighted by atomic mass is 10.00. The first-order chi connectivity index (χ1) is 6.69. The van der Waals surface area contributed by atoms with Crippen molar-refractivity contribution in [2.75, 3.05) is 13.7 Å². The molecule has 0 aromatic carbocycles. The molecular formula is C12H25NO. The van der Waals surface area contributed by atoms with Crippen LogP contribution in [0.4, 0.5) is 0 Å². The Hall–Kier alpha value is -0.0800. The maximum atomic E-state index is 5.27. The molecule has 1 fully saturated rings. The molecule has 84 valence electrons. The Labute approximate surface area is 88.4 Å². The average Bonchev–Trinajstić information content (AvgIpc) is 2.94. The molecule has 2 atom stereocenters. The van der Waals surface area contributed by atoms with Crippen LogP contribution in [0, 0.1) is 11.8 Å². The fourth-order valence-electron chi connectivity index (χ4n) is 2.06. The van der Waals surface area contributed by atoms with Crippen LogP contribution >= 0.6 is 0 Å². The van der Waals surface area contributed by atoms with Gasteiger partial charge in [0.05, 0.1) is 6.61 Å². The summed E-state index contributed by atoms with van der Waals surface area (Å²) in [5.74, 6) is 1.60. The number of methoxy groups -OCH3 is 1. The van der Waals surface area contributed by atoms with Gasteiger partial charge in [0, 0.05) is 19.2 Å². The van der Waals surface area contributed by atoms with E-state index in [0.29, 0.717) is 12.1 Å². The molecule has 0 aliphatic heterocycles. The highest BCUT2D eigenvalue weighted by Gasteiger charge is 2.32. The first kappa shape index (κ1) is 12.0. The Morgan fingerprint density at radius 2 is 2.00 bits per heavy atom. The molecule has 1 saturated carbocycles. The third kappa shape index (κ3) is 3.58. The molecule has 1 rings (SSSR count). The quantitative estimate of drug-likeness (QED) is 0.680. The van der Waals surface area contributed by atoms with E-state index < -0.39 is 0 Å². The molecule has 0 amide bonds. The van der Waals surface area contributed by atoms with Crippen molar-refractivity contribution in [1.29, 1.82) is 0 Å². The van der Waals surface area contributed by atoms with Gasteiger partial charge < -0.3 is 10.1 Å². The molecule has 14 heavy (non-hydrogen) atoms. The summed E-state index contributed by atoms with van der Waals surface area (Å²) in [5, 5.41) is 3.74. The van der Waals surface area contributed by atoms with Crippen LogP contribution in [0.2, 0.25) is 0 Å². The second-order valence-corrected chi connectivity index (χ2v) is 4.82. The molecule has 0 aromatic rings. The van der Waals surface area contributed by atoms with Crippen LogP contribution in [-0.2, 0) is 4.74 Å². The lowest BCUT2D eigenvalue weighted by molar-refractivity contribution is 0.145. The van der Waals surface area contributed by atoms with Gasteiger partial charge in [0.15, 0.2) is 0 Å². The zero-order valence-electron chi connectivity index (χ0n) is 10.0. The minimum absolute atomic E-state index is 0.590. The Kier molecular flexibility index (Phi) is 4.90. The molecular weight excluding hydrogens is 174 g/mol. The SMILES string of the molecule is CCC(NC(COC)C1CC1)C(C)C. The molecule has 2 nitrogen and oxygen atoms in total. The summed E-state index contributed by atoms with van der Waals surface area (Å²) in [6.45, 7) is 7.71. The maximum Gasteiger partial charge on any atom is 0.0618 e. The molecule has 1 aliphatic rings. The predicted molar refractivity (Wildman–Crippen MR) is 60.4 cm³/mol. The number of hydrogen-bond acceptors (Lipinski definition) is 2. The van der Waals surface area contributed by atoms with E-state index in [-0.39, 0.29) is 0 Å². The van der Waals surface area contributed by atoms with Crippen LogP contribution in [0.3, 0.4) is 0 Å². The van der Waals surface area contributed by atoms with E-state index in [1.807, 2.05) is 0 Å². The fourth-order valence-corrected chi connectivity index (χ4v) is 2.06. The molecule has 0 aromatic heterocycles. The summed E-state index contributed by atoms with van der Waals surface area (Å²) in [6, 6.07) is 1.24. The van der Waals surface area contributed by atoms with Crippen LogP contribution in [-0.4, -0.2) is 25.8 Å². The van der Waals surface area contributed by atoms with Crippen LogP contribution < -0.4 is 5.32 Å². The number of rotatable bonds is 7. The zero-order valence-corrected chi connectivity index (χ0v) is 10.0. The van der Waals surface area contributed by atoms with Crippen molar-refractivity contribution in [3.05, 3.63) is 0 Å². The summed E-state index contributed by atoms with van der Waals surface area (Å²) in [5.41, 5.74) is 0. The highest BCUT2D eigenvalue weighted by Crippen LogP contribution is 2.33. The van der Waals surface area contributed by atoms with Gasteiger partial charge >= 0.3 is 0 Å². The van der Waals surface area contributed by atoms with E-state index in [0.717, 1.165) is 18.4 Å². The first-order valence-electron chi connectivity index (χ1n) is 5.94. The smallest absolute Gasteiger partial charge is 0.0618 e. The number of hydrogen-bond donors (Lipinski definition) is 1. The molecule has 0 radical (unpaired) electrons. The molecule has 2 unspecified atom stereocenters.